The summed E-state index contributed by atoms with van der Waals surface area (Å²) in [6.07, 6.45) is 0. The minimum atomic E-state index is -2.33. The van der Waals surface area contributed by atoms with Crippen LogP contribution in [0.3, 0.4) is 0 Å². The van der Waals surface area contributed by atoms with Crippen LogP contribution in [-0.2, 0) is 8.85 Å². The Morgan fingerprint density at radius 2 is 1.05 bits per heavy atom. The van der Waals surface area contributed by atoms with Crippen LogP contribution in [0.2, 0.25) is 13.1 Å². The molecule has 0 N–H and O–H groups in total. The molecule has 2 aromatic rings. The molecule has 0 aliphatic carbocycles. The van der Waals surface area contributed by atoms with Gasteiger partial charge in [-0.15, -0.1) is 0 Å². The van der Waals surface area contributed by atoms with E-state index in [0.717, 1.165) is 0 Å². The molecule has 0 unspecified atom stereocenters. The van der Waals surface area contributed by atoms with Gasteiger partial charge in [0.15, 0.2) is 0 Å². The molecule has 0 fully saturated rings. The lowest BCUT2D eigenvalue weighted by molar-refractivity contribution is 0.386. The zero-order chi connectivity index (χ0) is 14.6. The molecule has 0 saturated heterocycles. The summed E-state index contributed by atoms with van der Waals surface area (Å²) in [5, 5.41) is 2.57. The van der Waals surface area contributed by atoms with Crippen LogP contribution in [0.4, 0.5) is 0 Å². The fourth-order valence-electron chi connectivity index (χ4n) is 2.83. The average molecular weight is 303 g/mol. The number of benzene rings is 2. The van der Waals surface area contributed by atoms with Crippen LogP contribution >= 0.6 is 0 Å². The third-order valence-corrected chi connectivity index (χ3v) is 17.7. The third-order valence-electron chi connectivity index (χ3n) is 4.02. The Labute approximate surface area is 123 Å². The van der Waals surface area contributed by atoms with Gasteiger partial charge < -0.3 is 8.85 Å². The molecule has 2 rings (SSSR count). The Morgan fingerprint density at radius 3 is 1.35 bits per heavy atom. The number of hydrogen-bond acceptors (Lipinski definition) is 2. The van der Waals surface area contributed by atoms with Crippen molar-refractivity contribution in [3.63, 3.8) is 0 Å². The number of rotatable bonds is 5. The van der Waals surface area contributed by atoms with Crippen molar-refractivity contribution < 1.29 is 8.85 Å². The summed E-state index contributed by atoms with van der Waals surface area (Å²) in [6.45, 7) is 4.51. The van der Waals surface area contributed by atoms with E-state index in [1.54, 1.807) is 0 Å². The molecule has 0 heterocycles. The number of hydrogen-bond donors (Lipinski definition) is 0. The molecule has 0 radical (unpaired) electrons. The van der Waals surface area contributed by atoms with E-state index in [-0.39, 0.29) is 0 Å². The molecule has 0 aliphatic heterocycles. The highest BCUT2D eigenvalue weighted by Gasteiger charge is 2.54. The first-order chi connectivity index (χ1) is 9.58. The maximum atomic E-state index is 6.24. The molecule has 0 atom stereocenters. The largest absolute Gasteiger partial charge is 0.419 e. The molecule has 106 valence electrons. The van der Waals surface area contributed by atoms with Crippen molar-refractivity contribution in [1.29, 1.82) is 0 Å². The highest BCUT2D eigenvalue weighted by molar-refractivity contribution is 7.46. The fraction of sp³-hybridized carbons (Fsp3) is 0.250. The lowest BCUT2D eigenvalue weighted by atomic mass is 10.4. The van der Waals surface area contributed by atoms with Crippen molar-refractivity contribution in [1.82, 2.24) is 0 Å². The van der Waals surface area contributed by atoms with Crippen molar-refractivity contribution in [3.05, 3.63) is 60.7 Å². The zero-order valence-corrected chi connectivity index (χ0v) is 14.6. The first-order valence-corrected chi connectivity index (χ1v) is 12.6. The van der Waals surface area contributed by atoms with Crippen molar-refractivity contribution in [2.24, 2.45) is 0 Å². The maximum Gasteiger partial charge on any atom is 0.271 e. The van der Waals surface area contributed by atoms with Gasteiger partial charge in [0.1, 0.15) is 0 Å². The van der Waals surface area contributed by atoms with Crippen LogP contribution < -0.4 is 10.4 Å². The van der Waals surface area contributed by atoms with E-state index >= 15 is 0 Å². The van der Waals surface area contributed by atoms with E-state index in [9.17, 15) is 0 Å². The second-order valence-corrected chi connectivity index (χ2v) is 17.4. The summed E-state index contributed by atoms with van der Waals surface area (Å²) in [7, 11) is -0.703. The van der Waals surface area contributed by atoms with Crippen molar-refractivity contribution >= 4 is 26.0 Å². The van der Waals surface area contributed by atoms with Crippen LogP contribution in [0.5, 0.6) is 0 Å². The molecular formula is C16H22O2Si2. The molecule has 20 heavy (non-hydrogen) atoms. The van der Waals surface area contributed by atoms with Crippen LogP contribution in [0.15, 0.2) is 60.7 Å². The fourth-order valence-corrected chi connectivity index (χ4v) is 14.6. The van der Waals surface area contributed by atoms with Gasteiger partial charge in [0.25, 0.3) is 7.83 Å². The van der Waals surface area contributed by atoms with E-state index < -0.39 is 15.7 Å². The average Bonchev–Trinajstić information content (AvgIpc) is 2.50. The molecule has 0 bridgehead atoms. The van der Waals surface area contributed by atoms with Gasteiger partial charge in [0.2, 0.25) is 7.83 Å². The predicted octanol–water partition coefficient (Wildman–Crippen LogP) is 2.32. The van der Waals surface area contributed by atoms with E-state index in [0.29, 0.717) is 0 Å². The SMILES string of the molecule is CO[Si](C)(C)[Si](OC)(c1ccccc1)c1ccccc1. The van der Waals surface area contributed by atoms with Gasteiger partial charge in [0, 0.05) is 14.2 Å². The van der Waals surface area contributed by atoms with Gasteiger partial charge in [-0.1, -0.05) is 60.7 Å². The first kappa shape index (κ1) is 15.2. The molecule has 0 aliphatic rings. The summed E-state index contributed by atoms with van der Waals surface area (Å²) in [5.41, 5.74) is 0. The van der Waals surface area contributed by atoms with Crippen molar-refractivity contribution in [3.8, 4) is 0 Å². The van der Waals surface area contributed by atoms with Crippen LogP contribution in [0.1, 0.15) is 0 Å². The Bertz CT molecular complexity index is 501. The van der Waals surface area contributed by atoms with Crippen molar-refractivity contribution in [2.75, 3.05) is 14.2 Å². The monoisotopic (exact) mass is 302 g/mol. The topological polar surface area (TPSA) is 18.5 Å². The third kappa shape index (κ3) is 2.40. The van der Waals surface area contributed by atoms with Gasteiger partial charge in [-0.05, 0) is 23.5 Å². The molecular weight excluding hydrogens is 280 g/mol. The predicted molar refractivity (Wildman–Crippen MR) is 89.4 cm³/mol. The Kier molecular flexibility index (Phi) is 4.60. The molecule has 0 amide bonds. The molecule has 0 saturated carbocycles. The summed E-state index contributed by atoms with van der Waals surface area (Å²) < 4.78 is 12.2. The smallest absolute Gasteiger partial charge is 0.271 e. The zero-order valence-electron chi connectivity index (χ0n) is 12.6. The standard InChI is InChI=1S/C16H22O2Si2/c1-17-19(3,4)20(18-2,15-11-7-5-8-12-15)16-13-9-6-10-14-16/h5-14H,1-4H3. The molecule has 4 heteroatoms. The molecule has 2 nitrogen and oxygen atoms in total. The van der Waals surface area contributed by atoms with Gasteiger partial charge >= 0.3 is 0 Å². The second kappa shape index (κ2) is 6.05. The Balaban J connectivity index is 2.72. The van der Waals surface area contributed by atoms with E-state index in [2.05, 4.69) is 61.6 Å². The summed E-state index contributed by atoms with van der Waals surface area (Å²) in [5.74, 6) is 0. The van der Waals surface area contributed by atoms with Crippen LogP contribution in [-0.4, -0.2) is 29.9 Å². The highest BCUT2D eigenvalue weighted by atomic mass is 29.3. The Morgan fingerprint density at radius 1 is 0.650 bits per heavy atom. The summed E-state index contributed by atoms with van der Waals surface area (Å²) >= 11 is 0. The van der Waals surface area contributed by atoms with Gasteiger partial charge in [-0.25, -0.2) is 0 Å². The molecule has 0 spiro atoms. The quantitative estimate of drug-likeness (QED) is 0.789. The van der Waals surface area contributed by atoms with Gasteiger partial charge in [0.05, 0.1) is 0 Å². The van der Waals surface area contributed by atoms with Gasteiger partial charge in [-0.2, -0.15) is 0 Å². The van der Waals surface area contributed by atoms with Crippen LogP contribution in [0, 0.1) is 0 Å². The highest BCUT2D eigenvalue weighted by Crippen LogP contribution is 2.21. The Hall–Kier alpha value is -1.21. The summed E-state index contributed by atoms with van der Waals surface area (Å²) in [6, 6.07) is 21.1. The normalized spacial score (nSPS) is 12.4. The lowest BCUT2D eigenvalue weighted by Gasteiger charge is -2.41. The van der Waals surface area contributed by atoms with Gasteiger partial charge in [-0.3, -0.25) is 0 Å². The van der Waals surface area contributed by atoms with E-state index in [4.69, 9.17) is 8.85 Å². The maximum absolute atomic E-state index is 6.24. The second-order valence-electron chi connectivity index (χ2n) is 5.33. The summed E-state index contributed by atoms with van der Waals surface area (Å²) in [4.78, 5) is 0. The van der Waals surface area contributed by atoms with E-state index in [1.807, 2.05) is 26.4 Å². The van der Waals surface area contributed by atoms with Crippen molar-refractivity contribution in [2.45, 2.75) is 13.1 Å². The molecule has 0 aromatic heterocycles. The minimum absolute atomic E-state index is 1.28. The van der Waals surface area contributed by atoms with E-state index in [1.165, 1.54) is 10.4 Å². The first-order valence-electron chi connectivity index (χ1n) is 6.80. The minimum Gasteiger partial charge on any atom is -0.419 e. The lowest BCUT2D eigenvalue weighted by Crippen LogP contribution is -2.76. The molecule has 2 aromatic carbocycles. The van der Waals surface area contributed by atoms with Crippen LogP contribution in [0.25, 0.3) is 0 Å².